The summed E-state index contributed by atoms with van der Waals surface area (Å²) in [6, 6.07) is 5.36. The van der Waals surface area contributed by atoms with Crippen molar-refractivity contribution in [1.82, 2.24) is 9.55 Å². The highest BCUT2D eigenvalue weighted by Crippen LogP contribution is 2.14. The van der Waals surface area contributed by atoms with Gasteiger partial charge in [0, 0.05) is 23.9 Å². The van der Waals surface area contributed by atoms with E-state index in [0.29, 0.717) is 0 Å². The molecule has 0 fully saturated rings. The van der Waals surface area contributed by atoms with Crippen LogP contribution in [-0.2, 0) is 6.54 Å². The van der Waals surface area contributed by atoms with Gasteiger partial charge in [0.1, 0.15) is 4.47 Å². The van der Waals surface area contributed by atoms with Gasteiger partial charge >= 0.3 is 0 Å². The molecular formula is C12H8BrN3O4. The van der Waals surface area contributed by atoms with E-state index in [0.717, 1.165) is 4.57 Å². The Labute approximate surface area is 121 Å². The number of non-ortho nitro benzene ring substituents is 1. The number of aromatic nitrogens is 2. The number of carbonyl (C=O) groups excluding carboxylic acids is 1. The van der Waals surface area contributed by atoms with Crippen molar-refractivity contribution in [3.63, 3.8) is 0 Å². The average molecular weight is 338 g/mol. The third-order valence-electron chi connectivity index (χ3n) is 2.55. The second-order valence-electron chi connectivity index (χ2n) is 3.91. The predicted octanol–water partition coefficient (Wildman–Crippen LogP) is 1.80. The molecule has 0 saturated heterocycles. The minimum absolute atomic E-state index is 0.171. The topological polar surface area (TPSA) is 95.1 Å². The molecule has 0 unspecified atom stereocenters. The highest BCUT2D eigenvalue weighted by atomic mass is 79.9. The molecule has 1 aromatic heterocycles. The van der Waals surface area contributed by atoms with Gasteiger partial charge in [-0.15, -0.1) is 0 Å². The molecule has 0 radical (unpaired) electrons. The summed E-state index contributed by atoms with van der Waals surface area (Å²) in [7, 11) is 0. The minimum atomic E-state index is -0.580. The summed E-state index contributed by atoms with van der Waals surface area (Å²) >= 11 is 3.03. The fourth-order valence-corrected chi connectivity index (χ4v) is 1.92. The van der Waals surface area contributed by atoms with Crippen molar-refractivity contribution < 1.29 is 9.72 Å². The molecule has 2 rings (SSSR count). The van der Waals surface area contributed by atoms with Crippen LogP contribution in [0.4, 0.5) is 5.69 Å². The summed E-state index contributed by atoms with van der Waals surface area (Å²) in [6.45, 7) is -0.230. The molecule has 0 aliphatic heterocycles. The normalized spacial score (nSPS) is 10.2. The molecule has 0 N–H and O–H groups in total. The van der Waals surface area contributed by atoms with Gasteiger partial charge < -0.3 is 0 Å². The lowest BCUT2D eigenvalue weighted by Gasteiger charge is -2.04. The highest BCUT2D eigenvalue weighted by Gasteiger charge is 2.13. The number of ketones is 1. The van der Waals surface area contributed by atoms with E-state index in [-0.39, 0.29) is 22.3 Å². The highest BCUT2D eigenvalue weighted by molar-refractivity contribution is 9.10. The Hall–Kier alpha value is -2.35. The first-order valence-electron chi connectivity index (χ1n) is 5.46. The van der Waals surface area contributed by atoms with E-state index in [9.17, 15) is 19.7 Å². The summed E-state index contributed by atoms with van der Waals surface area (Å²) in [5.41, 5.74) is -0.388. The Morgan fingerprint density at radius 1 is 1.45 bits per heavy atom. The van der Waals surface area contributed by atoms with E-state index < -0.39 is 16.3 Å². The van der Waals surface area contributed by atoms with Crippen LogP contribution in [0, 0.1) is 10.1 Å². The average Bonchev–Trinajstić information content (AvgIpc) is 2.44. The van der Waals surface area contributed by atoms with Crippen molar-refractivity contribution >= 4 is 27.4 Å². The zero-order valence-electron chi connectivity index (χ0n) is 10.0. The number of benzene rings is 1. The molecule has 0 bridgehead atoms. The van der Waals surface area contributed by atoms with E-state index in [1.165, 1.54) is 36.8 Å². The summed E-state index contributed by atoms with van der Waals surface area (Å²) in [4.78, 5) is 37.6. The zero-order valence-corrected chi connectivity index (χ0v) is 11.6. The second-order valence-corrected chi connectivity index (χ2v) is 4.76. The Balaban J connectivity index is 2.29. The fraction of sp³-hybridized carbons (Fsp3) is 0.0833. The summed E-state index contributed by atoms with van der Waals surface area (Å²) in [5.74, 6) is -0.407. The second kappa shape index (κ2) is 5.74. The molecule has 8 heteroatoms. The lowest BCUT2D eigenvalue weighted by molar-refractivity contribution is -0.384. The lowest BCUT2D eigenvalue weighted by atomic mass is 10.1. The molecule has 1 aromatic carbocycles. The van der Waals surface area contributed by atoms with Crippen LogP contribution >= 0.6 is 15.9 Å². The summed E-state index contributed by atoms with van der Waals surface area (Å²) in [6.07, 6.45) is 2.57. The molecular weight excluding hydrogens is 330 g/mol. The molecule has 0 aliphatic carbocycles. The molecule has 0 atom stereocenters. The van der Waals surface area contributed by atoms with E-state index in [1.54, 1.807) is 0 Å². The van der Waals surface area contributed by atoms with E-state index in [1.807, 2.05) is 0 Å². The smallest absolute Gasteiger partial charge is 0.270 e. The van der Waals surface area contributed by atoms with Gasteiger partial charge in [0.15, 0.2) is 5.78 Å². The van der Waals surface area contributed by atoms with Crippen LogP contribution in [-0.4, -0.2) is 20.3 Å². The van der Waals surface area contributed by atoms with Crippen molar-refractivity contribution in [1.29, 1.82) is 0 Å². The van der Waals surface area contributed by atoms with Gasteiger partial charge in [-0.3, -0.25) is 24.3 Å². The molecule has 102 valence electrons. The first-order valence-corrected chi connectivity index (χ1v) is 6.26. The van der Waals surface area contributed by atoms with Gasteiger partial charge in [0.2, 0.25) is 0 Å². The number of carbonyl (C=O) groups is 1. The van der Waals surface area contributed by atoms with Crippen molar-refractivity contribution in [2.45, 2.75) is 6.54 Å². The van der Waals surface area contributed by atoms with Gasteiger partial charge in [-0.25, -0.2) is 4.98 Å². The maximum Gasteiger partial charge on any atom is 0.270 e. The first kappa shape index (κ1) is 14.1. The third-order valence-corrected chi connectivity index (χ3v) is 3.10. The largest absolute Gasteiger partial charge is 0.292 e. The Morgan fingerprint density at radius 3 is 2.90 bits per heavy atom. The van der Waals surface area contributed by atoms with Crippen molar-refractivity contribution in [2.75, 3.05) is 0 Å². The third kappa shape index (κ3) is 2.97. The maximum absolute atomic E-state index is 12.0. The van der Waals surface area contributed by atoms with Gasteiger partial charge in [0.25, 0.3) is 11.2 Å². The molecule has 7 nitrogen and oxygen atoms in total. The van der Waals surface area contributed by atoms with Crippen LogP contribution < -0.4 is 5.56 Å². The van der Waals surface area contributed by atoms with Crippen molar-refractivity contribution in [3.8, 4) is 0 Å². The number of nitro benzene ring substituents is 1. The van der Waals surface area contributed by atoms with Crippen LogP contribution in [0.2, 0.25) is 0 Å². The quantitative estimate of drug-likeness (QED) is 0.481. The number of halogens is 1. The van der Waals surface area contributed by atoms with Crippen LogP contribution in [0.5, 0.6) is 0 Å². The van der Waals surface area contributed by atoms with E-state index >= 15 is 0 Å². The lowest BCUT2D eigenvalue weighted by Crippen LogP contribution is -2.24. The Kier molecular flexibility index (Phi) is 4.04. The van der Waals surface area contributed by atoms with Crippen LogP contribution in [0.25, 0.3) is 0 Å². The van der Waals surface area contributed by atoms with E-state index in [2.05, 4.69) is 20.9 Å². The number of nitro groups is 1. The van der Waals surface area contributed by atoms with Crippen LogP contribution in [0.1, 0.15) is 10.4 Å². The van der Waals surface area contributed by atoms with Crippen molar-refractivity contribution in [2.24, 2.45) is 0 Å². The van der Waals surface area contributed by atoms with Crippen molar-refractivity contribution in [3.05, 3.63) is 67.3 Å². The summed E-state index contributed by atoms with van der Waals surface area (Å²) in [5, 5.41) is 10.7. The minimum Gasteiger partial charge on any atom is -0.292 e. The standard InChI is InChI=1S/C12H8BrN3O4/c13-10-5-14-7-15(12(10)18)6-11(17)8-2-1-3-9(4-8)16(19)20/h1-5,7H,6H2. The number of hydrogen-bond donors (Lipinski definition) is 0. The first-order chi connectivity index (χ1) is 9.49. The Morgan fingerprint density at radius 2 is 2.20 bits per heavy atom. The molecule has 1 heterocycles. The van der Waals surface area contributed by atoms with Crippen LogP contribution in [0.3, 0.4) is 0 Å². The van der Waals surface area contributed by atoms with Gasteiger partial charge in [-0.1, -0.05) is 12.1 Å². The zero-order chi connectivity index (χ0) is 14.7. The number of hydrogen-bond acceptors (Lipinski definition) is 5. The van der Waals surface area contributed by atoms with E-state index in [4.69, 9.17) is 0 Å². The molecule has 0 aliphatic rings. The molecule has 0 spiro atoms. The fourth-order valence-electron chi connectivity index (χ4n) is 1.58. The van der Waals surface area contributed by atoms with Gasteiger partial charge in [-0.2, -0.15) is 0 Å². The summed E-state index contributed by atoms with van der Waals surface area (Å²) < 4.78 is 1.37. The Bertz CT molecular complexity index is 741. The molecule has 0 saturated carbocycles. The number of Topliss-reactive ketones (excluding diaryl/α,β-unsaturated/α-hetero) is 1. The van der Waals surface area contributed by atoms with Crippen LogP contribution in [0.15, 0.2) is 46.1 Å². The number of rotatable bonds is 4. The molecule has 20 heavy (non-hydrogen) atoms. The monoisotopic (exact) mass is 337 g/mol. The maximum atomic E-state index is 12.0. The van der Waals surface area contributed by atoms with Gasteiger partial charge in [0.05, 0.1) is 17.8 Å². The SMILES string of the molecule is O=C(Cn1cncc(Br)c1=O)c1cccc([N+](=O)[O-])c1. The predicted molar refractivity (Wildman–Crippen MR) is 73.6 cm³/mol. The van der Waals surface area contributed by atoms with Gasteiger partial charge in [-0.05, 0) is 15.9 Å². The molecule has 2 aromatic rings. The molecule has 0 amide bonds. The number of nitrogens with zero attached hydrogens (tertiary/aromatic N) is 3.